The summed E-state index contributed by atoms with van der Waals surface area (Å²) >= 11 is 0. The molecule has 0 saturated carbocycles. The van der Waals surface area contributed by atoms with Gasteiger partial charge in [-0.2, -0.15) is 0 Å². The number of hydrogen-bond acceptors (Lipinski definition) is 3. The Balaban J connectivity index is 1.71. The average molecular weight is 318 g/mol. The smallest absolute Gasteiger partial charge is 0.223 e. The highest BCUT2D eigenvalue weighted by atomic mass is 16.5. The summed E-state index contributed by atoms with van der Waals surface area (Å²) in [6.45, 7) is 11.6. The quantitative estimate of drug-likeness (QED) is 0.839. The SMILES string of the molecule is CC(Cc1ccc(C(C)C)cc1)C(=O)NCCN1CCOCC1. The Morgan fingerprint density at radius 1 is 1.17 bits per heavy atom. The second-order valence-corrected chi connectivity index (χ2v) is 6.75. The monoisotopic (exact) mass is 318 g/mol. The summed E-state index contributed by atoms with van der Waals surface area (Å²) in [6, 6.07) is 8.63. The fraction of sp³-hybridized carbons (Fsp3) is 0.632. The highest BCUT2D eigenvalue weighted by Crippen LogP contribution is 2.16. The molecule has 1 aliphatic rings. The zero-order chi connectivity index (χ0) is 16.7. The van der Waals surface area contributed by atoms with Crippen LogP contribution in [0.4, 0.5) is 0 Å². The van der Waals surface area contributed by atoms with Crippen LogP contribution >= 0.6 is 0 Å². The predicted octanol–water partition coefficient (Wildman–Crippen LogP) is 2.44. The van der Waals surface area contributed by atoms with E-state index in [-0.39, 0.29) is 11.8 Å². The summed E-state index contributed by atoms with van der Waals surface area (Å²) in [6.07, 6.45) is 0.793. The van der Waals surface area contributed by atoms with Crippen molar-refractivity contribution in [2.75, 3.05) is 39.4 Å². The molecular weight excluding hydrogens is 288 g/mol. The molecule has 0 bridgehead atoms. The van der Waals surface area contributed by atoms with E-state index in [9.17, 15) is 4.79 Å². The second-order valence-electron chi connectivity index (χ2n) is 6.75. The number of hydrogen-bond donors (Lipinski definition) is 1. The third-order valence-corrected chi connectivity index (χ3v) is 4.47. The third-order valence-electron chi connectivity index (χ3n) is 4.47. The molecule has 1 N–H and O–H groups in total. The Kier molecular flexibility index (Phi) is 7.06. The largest absolute Gasteiger partial charge is 0.379 e. The van der Waals surface area contributed by atoms with Gasteiger partial charge < -0.3 is 10.1 Å². The number of benzene rings is 1. The fourth-order valence-electron chi connectivity index (χ4n) is 2.82. The van der Waals surface area contributed by atoms with Crippen LogP contribution in [0.1, 0.15) is 37.8 Å². The van der Waals surface area contributed by atoms with Crippen LogP contribution in [0.15, 0.2) is 24.3 Å². The lowest BCUT2D eigenvalue weighted by Gasteiger charge is -2.26. The van der Waals surface area contributed by atoms with E-state index in [1.165, 1.54) is 11.1 Å². The second kappa shape index (κ2) is 9.04. The maximum atomic E-state index is 12.2. The van der Waals surface area contributed by atoms with Crippen molar-refractivity contribution >= 4 is 5.91 Å². The zero-order valence-corrected chi connectivity index (χ0v) is 14.7. The lowest BCUT2D eigenvalue weighted by molar-refractivity contribution is -0.124. The van der Waals surface area contributed by atoms with E-state index in [0.29, 0.717) is 5.92 Å². The molecule has 4 nitrogen and oxygen atoms in total. The van der Waals surface area contributed by atoms with Crippen molar-refractivity contribution in [2.24, 2.45) is 5.92 Å². The van der Waals surface area contributed by atoms with Gasteiger partial charge in [-0.05, 0) is 23.5 Å². The van der Waals surface area contributed by atoms with Gasteiger partial charge in [-0.3, -0.25) is 9.69 Å². The molecule has 1 aromatic rings. The lowest BCUT2D eigenvalue weighted by atomic mass is 9.96. The van der Waals surface area contributed by atoms with Gasteiger partial charge in [0.15, 0.2) is 0 Å². The maximum Gasteiger partial charge on any atom is 0.223 e. The molecule has 128 valence electrons. The minimum absolute atomic E-state index is 0.00425. The summed E-state index contributed by atoms with van der Waals surface area (Å²) in [4.78, 5) is 14.5. The van der Waals surface area contributed by atoms with E-state index in [1.54, 1.807) is 0 Å². The van der Waals surface area contributed by atoms with E-state index >= 15 is 0 Å². The minimum Gasteiger partial charge on any atom is -0.379 e. The molecule has 1 amide bonds. The van der Waals surface area contributed by atoms with Crippen molar-refractivity contribution in [2.45, 2.75) is 33.1 Å². The summed E-state index contributed by atoms with van der Waals surface area (Å²) in [5.41, 5.74) is 2.57. The number of morpholine rings is 1. The van der Waals surface area contributed by atoms with E-state index < -0.39 is 0 Å². The number of rotatable bonds is 7. The molecular formula is C19H30N2O2. The summed E-state index contributed by atoms with van der Waals surface area (Å²) in [5, 5.41) is 3.06. The Labute approximate surface area is 140 Å². The molecule has 23 heavy (non-hydrogen) atoms. The van der Waals surface area contributed by atoms with Gasteiger partial charge in [0.2, 0.25) is 5.91 Å². The van der Waals surface area contributed by atoms with Gasteiger partial charge in [-0.25, -0.2) is 0 Å². The van der Waals surface area contributed by atoms with Gasteiger partial charge in [0, 0.05) is 32.1 Å². The number of carbonyl (C=O) groups is 1. The van der Waals surface area contributed by atoms with Gasteiger partial charge in [0.05, 0.1) is 13.2 Å². The molecule has 1 heterocycles. The Bertz CT molecular complexity index is 479. The molecule has 1 unspecified atom stereocenters. The van der Waals surface area contributed by atoms with Crippen LogP contribution in [-0.2, 0) is 16.0 Å². The van der Waals surface area contributed by atoms with E-state index in [2.05, 4.69) is 48.3 Å². The van der Waals surface area contributed by atoms with Crippen LogP contribution < -0.4 is 5.32 Å². The molecule has 0 aliphatic carbocycles. The normalized spacial score (nSPS) is 17.2. The minimum atomic E-state index is 0.00425. The van der Waals surface area contributed by atoms with Crippen molar-refractivity contribution in [3.8, 4) is 0 Å². The third kappa shape index (κ3) is 5.96. The first-order chi connectivity index (χ1) is 11.1. The Morgan fingerprint density at radius 2 is 1.83 bits per heavy atom. The van der Waals surface area contributed by atoms with Gasteiger partial charge in [0.25, 0.3) is 0 Å². The van der Waals surface area contributed by atoms with Crippen LogP contribution in [0.5, 0.6) is 0 Å². The molecule has 1 atom stereocenters. The average Bonchev–Trinajstić information content (AvgIpc) is 2.56. The highest BCUT2D eigenvalue weighted by molar-refractivity contribution is 5.78. The van der Waals surface area contributed by atoms with E-state index in [0.717, 1.165) is 45.8 Å². The van der Waals surface area contributed by atoms with E-state index in [1.807, 2.05) is 6.92 Å². The highest BCUT2D eigenvalue weighted by Gasteiger charge is 2.15. The van der Waals surface area contributed by atoms with Crippen molar-refractivity contribution in [3.05, 3.63) is 35.4 Å². The fourth-order valence-corrected chi connectivity index (χ4v) is 2.82. The molecule has 4 heteroatoms. The Morgan fingerprint density at radius 3 is 2.43 bits per heavy atom. The topological polar surface area (TPSA) is 41.6 Å². The van der Waals surface area contributed by atoms with Crippen LogP contribution in [0.2, 0.25) is 0 Å². The predicted molar refractivity (Wildman–Crippen MR) is 93.7 cm³/mol. The first kappa shape index (κ1) is 18.0. The molecule has 2 rings (SSSR count). The molecule has 1 fully saturated rings. The van der Waals surface area contributed by atoms with Crippen molar-refractivity contribution in [3.63, 3.8) is 0 Å². The first-order valence-corrected chi connectivity index (χ1v) is 8.73. The van der Waals surface area contributed by atoms with Crippen LogP contribution in [0.25, 0.3) is 0 Å². The zero-order valence-electron chi connectivity index (χ0n) is 14.7. The van der Waals surface area contributed by atoms with Gasteiger partial charge >= 0.3 is 0 Å². The van der Waals surface area contributed by atoms with Crippen molar-refractivity contribution in [1.29, 1.82) is 0 Å². The number of nitrogens with one attached hydrogen (secondary N) is 1. The summed E-state index contributed by atoms with van der Waals surface area (Å²) < 4.78 is 5.33. The van der Waals surface area contributed by atoms with Gasteiger partial charge in [-0.15, -0.1) is 0 Å². The van der Waals surface area contributed by atoms with Gasteiger partial charge in [-0.1, -0.05) is 45.0 Å². The molecule has 0 aromatic heterocycles. The van der Waals surface area contributed by atoms with Crippen LogP contribution in [-0.4, -0.2) is 50.2 Å². The van der Waals surface area contributed by atoms with Gasteiger partial charge in [0.1, 0.15) is 0 Å². The molecule has 0 spiro atoms. The number of carbonyl (C=O) groups excluding carboxylic acids is 1. The van der Waals surface area contributed by atoms with Crippen molar-refractivity contribution in [1.82, 2.24) is 10.2 Å². The standard InChI is InChI=1S/C19H30N2O2/c1-15(2)18-6-4-17(5-7-18)14-16(3)19(22)20-8-9-21-10-12-23-13-11-21/h4-7,15-16H,8-14H2,1-3H3,(H,20,22). The number of amides is 1. The van der Waals surface area contributed by atoms with Crippen molar-refractivity contribution < 1.29 is 9.53 Å². The molecule has 0 radical (unpaired) electrons. The summed E-state index contributed by atoms with van der Waals surface area (Å²) in [5.74, 6) is 0.695. The molecule has 1 aliphatic heterocycles. The number of ether oxygens (including phenoxy) is 1. The molecule has 1 saturated heterocycles. The van der Waals surface area contributed by atoms with Crippen LogP contribution in [0, 0.1) is 5.92 Å². The van der Waals surface area contributed by atoms with Crippen LogP contribution in [0.3, 0.4) is 0 Å². The summed E-state index contributed by atoms with van der Waals surface area (Å²) in [7, 11) is 0. The first-order valence-electron chi connectivity index (χ1n) is 8.73. The lowest BCUT2D eigenvalue weighted by Crippen LogP contribution is -2.42. The molecule has 1 aromatic carbocycles. The Hall–Kier alpha value is -1.39. The number of nitrogens with zero attached hydrogens (tertiary/aromatic N) is 1. The van der Waals surface area contributed by atoms with E-state index in [4.69, 9.17) is 4.74 Å². The maximum absolute atomic E-state index is 12.2.